The summed E-state index contributed by atoms with van der Waals surface area (Å²) in [7, 11) is -3.65. The SMILES string of the molecule is Nc1ccc2c(S(=O)(=O)NCc3ncn[nH]3)cccc2c1. The Balaban J connectivity index is 1.98. The molecule has 7 nitrogen and oxygen atoms in total. The average molecular weight is 303 g/mol. The molecular formula is C13H13N5O2S. The van der Waals surface area contributed by atoms with Gasteiger partial charge in [-0.3, -0.25) is 5.10 Å². The first-order valence-electron chi connectivity index (χ1n) is 6.18. The molecule has 8 heteroatoms. The van der Waals surface area contributed by atoms with Gasteiger partial charge in [0.15, 0.2) is 0 Å². The maximum absolute atomic E-state index is 12.4. The van der Waals surface area contributed by atoms with Crippen molar-refractivity contribution >= 4 is 26.5 Å². The number of H-pyrrole nitrogens is 1. The van der Waals surface area contributed by atoms with Crippen LogP contribution >= 0.6 is 0 Å². The van der Waals surface area contributed by atoms with Crippen molar-refractivity contribution < 1.29 is 8.42 Å². The first-order valence-corrected chi connectivity index (χ1v) is 7.67. The molecule has 2 aromatic carbocycles. The van der Waals surface area contributed by atoms with Gasteiger partial charge in [0.05, 0.1) is 11.4 Å². The van der Waals surface area contributed by atoms with E-state index in [4.69, 9.17) is 5.73 Å². The molecule has 0 unspecified atom stereocenters. The molecule has 4 N–H and O–H groups in total. The van der Waals surface area contributed by atoms with Gasteiger partial charge in [-0.05, 0) is 23.6 Å². The van der Waals surface area contributed by atoms with E-state index in [1.807, 2.05) is 6.07 Å². The van der Waals surface area contributed by atoms with Crippen molar-refractivity contribution in [3.05, 3.63) is 48.5 Å². The third-order valence-electron chi connectivity index (χ3n) is 3.05. The van der Waals surface area contributed by atoms with Crippen LogP contribution < -0.4 is 10.5 Å². The van der Waals surface area contributed by atoms with Gasteiger partial charge in [0.25, 0.3) is 0 Å². The van der Waals surface area contributed by atoms with Crippen molar-refractivity contribution in [2.45, 2.75) is 11.4 Å². The van der Waals surface area contributed by atoms with Crippen LogP contribution in [0.25, 0.3) is 10.8 Å². The molecule has 1 aromatic heterocycles. The van der Waals surface area contributed by atoms with Gasteiger partial charge in [-0.2, -0.15) is 5.10 Å². The van der Waals surface area contributed by atoms with E-state index < -0.39 is 10.0 Å². The van der Waals surface area contributed by atoms with Crippen LogP contribution in [0.15, 0.2) is 47.6 Å². The summed E-state index contributed by atoms with van der Waals surface area (Å²) in [6, 6.07) is 10.2. The summed E-state index contributed by atoms with van der Waals surface area (Å²) in [5, 5.41) is 7.67. The molecule has 0 spiro atoms. The Morgan fingerprint density at radius 2 is 2.10 bits per heavy atom. The highest BCUT2D eigenvalue weighted by atomic mass is 32.2. The van der Waals surface area contributed by atoms with Crippen molar-refractivity contribution in [2.24, 2.45) is 0 Å². The number of rotatable bonds is 4. The van der Waals surface area contributed by atoms with Gasteiger partial charge in [0.2, 0.25) is 10.0 Å². The van der Waals surface area contributed by atoms with Crippen molar-refractivity contribution in [3.8, 4) is 0 Å². The predicted octanol–water partition coefficient (Wildman–Crippen LogP) is 1.02. The van der Waals surface area contributed by atoms with E-state index in [1.54, 1.807) is 30.3 Å². The number of sulfonamides is 1. The summed E-state index contributed by atoms with van der Waals surface area (Å²) in [5.74, 6) is 0.447. The minimum Gasteiger partial charge on any atom is -0.399 e. The molecule has 0 aliphatic carbocycles. The largest absolute Gasteiger partial charge is 0.399 e. The maximum atomic E-state index is 12.4. The Hall–Kier alpha value is -2.45. The second-order valence-corrected chi connectivity index (χ2v) is 6.23. The van der Waals surface area contributed by atoms with Crippen molar-refractivity contribution in [3.63, 3.8) is 0 Å². The van der Waals surface area contributed by atoms with Gasteiger partial charge in [0, 0.05) is 11.1 Å². The maximum Gasteiger partial charge on any atom is 0.241 e. The van der Waals surface area contributed by atoms with Crippen LogP contribution in [-0.2, 0) is 16.6 Å². The molecule has 0 atom stereocenters. The monoisotopic (exact) mass is 303 g/mol. The second kappa shape index (κ2) is 5.15. The minimum absolute atomic E-state index is 0.0493. The van der Waals surface area contributed by atoms with Crippen molar-refractivity contribution in [1.82, 2.24) is 19.9 Å². The number of nitrogens with one attached hydrogen (secondary N) is 2. The number of anilines is 1. The third-order valence-corrected chi connectivity index (χ3v) is 4.51. The van der Waals surface area contributed by atoms with Crippen LogP contribution in [0.5, 0.6) is 0 Å². The molecule has 0 amide bonds. The molecule has 0 aliphatic heterocycles. The lowest BCUT2D eigenvalue weighted by Crippen LogP contribution is -2.24. The third kappa shape index (κ3) is 2.71. The molecule has 21 heavy (non-hydrogen) atoms. The first-order chi connectivity index (χ1) is 10.1. The van der Waals surface area contributed by atoms with Crippen LogP contribution in [0, 0.1) is 0 Å². The number of benzene rings is 2. The molecular weight excluding hydrogens is 290 g/mol. The standard InChI is InChI=1S/C13H13N5O2S/c14-10-4-5-11-9(6-10)2-1-3-12(11)21(19,20)17-7-13-15-8-16-18-13/h1-6,8,17H,7,14H2,(H,15,16,18). The summed E-state index contributed by atoms with van der Waals surface area (Å²) in [5.41, 5.74) is 6.31. The molecule has 1 heterocycles. The Bertz CT molecular complexity index is 875. The van der Waals surface area contributed by atoms with Crippen LogP contribution in [0.4, 0.5) is 5.69 Å². The summed E-state index contributed by atoms with van der Waals surface area (Å²) < 4.78 is 27.3. The summed E-state index contributed by atoms with van der Waals surface area (Å²) in [6.07, 6.45) is 1.32. The van der Waals surface area contributed by atoms with Gasteiger partial charge < -0.3 is 5.73 Å². The normalized spacial score (nSPS) is 11.8. The van der Waals surface area contributed by atoms with Gasteiger partial charge in [-0.25, -0.2) is 18.1 Å². The van der Waals surface area contributed by atoms with E-state index in [0.29, 0.717) is 16.9 Å². The van der Waals surface area contributed by atoms with Crippen LogP contribution in [-0.4, -0.2) is 23.6 Å². The lowest BCUT2D eigenvalue weighted by Gasteiger charge is -2.09. The Morgan fingerprint density at radius 3 is 2.86 bits per heavy atom. The average Bonchev–Trinajstić information content (AvgIpc) is 2.97. The lowest BCUT2D eigenvalue weighted by molar-refractivity contribution is 0.580. The minimum atomic E-state index is -3.65. The Labute approximate surface area is 121 Å². The van der Waals surface area contributed by atoms with Crippen molar-refractivity contribution in [1.29, 1.82) is 0 Å². The Morgan fingerprint density at radius 1 is 1.24 bits per heavy atom. The molecule has 0 aliphatic rings. The van der Waals surface area contributed by atoms with Crippen LogP contribution in [0.2, 0.25) is 0 Å². The molecule has 0 saturated carbocycles. The first kappa shape index (κ1) is 13.5. The van der Waals surface area contributed by atoms with Crippen molar-refractivity contribution in [2.75, 3.05) is 5.73 Å². The number of aromatic amines is 1. The van der Waals surface area contributed by atoms with Gasteiger partial charge in [-0.15, -0.1) is 0 Å². The van der Waals surface area contributed by atoms with Gasteiger partial charge in [-0.1, -0.05) is 18.2 Å². The smallest absolute Gasteiger partial charge is 0.241 e. The number of fused-ring (bicyclic) bond motifs is 1. The van der Waals surface area contributed by atoms with Gasteiger partial charge >= 0.3 is 0 Å². The van der Waals surface area contributed by atoms with E-state index in [-0.39, 0.29) is 11.4 Å². The molecule has 108 valence electrons. The van der Waals surface area contributed by atoms with Crippen LogP contribution in [0.1, 0.15) is 5.82 Å². The second-order valence-electron chi connectivity index (χ2n) is 4.49. The fourth-order valence-corrected chi connectivity index (χ4v) is 3.28. The molecule has 0 saturated heterocycles. The fourth-order valence-electron chi connectivity index (χ4n) is 2.06. The molecule has 3 rings (SSSR count). The van der Waals surface area contributed by atoms with E-state index >= 15 is 0 Å². The van der Waals surface area contributed by atoms with E-state index in [9.17, 15) is 8.42 Å². The molecule has 0 radical (unpaired) electrons. The summed E-state index contributed by atoms with van der Waals surface area (Å²) >= 11 is 0. The number of aromatic nitrogens is 3. The summed E-state index contributed by atoms with van der Waals surface area (Å²) in [4.78, 5) is 4.08. The number of hydrogen-bond acceptors (Lipinski definition) is 5. The summed E-state index contributed by atoms with van der Waals surface area (Å²) in [6.45, 7) is 0.0493. The molecule has 0 fully saturated rings. The zero-order chi connectivity index (χ0) is 14.9. The fraction of sp³-hybridized carbons (Fsp3) is 0.0769. The van der Waals surface area contributed by atoms with Crippen LogP contribution in [0.3, 0.4) is 0 Å². The quantitative estimate of drug-likeness (QED) is 0.623. The highest BCUT2D eigenvalue weighted by Gasteiger charge is 2.17. The van der Waals surface area contributed by atoms with E-state index in [1.165, 1.54) is 6.33 Å². The Kier molecular flexibility index (Phi) is 3.32. The number of hydrogen-bond donors (Lipinski definition) is 3. The van der Waals surface area contributed by atoms with Gasteiger partial charge in [0.1, 0.15) is 12.2 Å². The van der Waals surface area contributed by atoms with E-state index in [0.717, 1.165) is 5.39 Å². The zero-order valence-electron chi connectivity index (χ0n) is 10.9. The topological polar surface area (TPSA) is 114 Å². The predicted molar refractivity (Wildman–Crippen MR) is 78.8 cm³/mol. The number of nitrogen functional groups attached to an aromatic ring is 1. The number of nitrogens with zero attached hydrogens (tertiary/aromatic N) is 2. The lowest BCUT2D eigenvalue weighted by atomic mass is 10.1. The zero-order valence-corrected chi connectivity index (χ0v) is 11.8. The van der Waals surface area contributed by atoms with E-state index in [2.05, 4.69) is 19.9 Å². The highest BCUT2D eigenvalue weighted by molar-refractivity contribution is 7.89. The molecule has 0 bridgehead atoms. The molecule has 3 aromatic rings. The highest BCUT2D eigenvalue weighted by Crippen LogP contribution is 2.24. The number of nitrogens with two attached hydrogens (primary N) is 1.